The fraction of sp³-hybridized carbons (Fsp3) is 0.600. The molecule has 1 aliphatic heterocycles. The van der Waals surface area contributed by atoms with Gasteiger partial charge in [-0.05, 0) is 37.0 Å². The molecule has 1 aromatic rings. The summed E-state index contributed by atoms with van der Waals surface area (Å²) < 4.78 is 6.01. The number of piperazine rings is 1. The second-order valence-corrected chi connectivity index (χ2v) is 8.27. The Balaban J connectivity index is 1.46. The maximum Gasteiger partial charge on any atom is 0.234 e. The van der Waals surface area contributed by atoms with Gasteiger partial charge in [-0.15, -0.1) is 0 Å². The van der Waals surface area contributed by atoms with E-state index in [0.29, 0.717) is 32.8 Å². The van der Waals surface area contributed by atoms with Crippen LogP contribution in [-0.2, 0) is 19.7 Å². The van der Waals surface area contributed by atoms with Crippen LogP contribution < -0.4 is 5.32 Å². The lowest BCUT2D eigenvalue weighted by molar-refractivity contribution is -0.136. The molecule has 7 heteroatoms. The van der Waals surface area contributed by atoms with Crippen LogP contribution in [0.2, 0.25) is 0 Å². The zero-order valence-electron chi connectivity index (χ0n) is 15.9. The van der Waals surface area contributed by atoms with E-state index in [1.807, 2.05) is 17.0 Å². The van der Waals surface area contributed by atoms with Crippen molar-refractivity contribution < 1.29 is 14.3 Å². The zero-order valence-corrected chi connectivity index (χ0v) is 17.5. The highest BCUT2D eigenvalue weighted by molar-refractivity contribution is 9.10. The molecule has 6 nitrogen and oxygen atoms in total. The van der Waals surface area contributed by atoms with Gasteiger partial charge in [0.1, 0.15) is 0 Å². The molecule has 148 valence electrons. The Morgan fingerprint density at radius 2 is 1.81 bits per heavy atom. The van der Waals surface area contributed by atoms with Crippen molar-refractivity contribution in [1.29, 1.82) is 0 Å². The van der Waals surface area contributed by atoms with Gasteiger partial charge in [0, 0.05) is 50.9 Å². The Labute approximate surface area is 169 Å². The van der Waals surface area contributed by atoms with Crippen LogP contribution in [0.15, 0.2) is 28.7 Å². The highest BCUT2D eigenvalue weighted by Gasteiger charge is 2.53. The number of ether oxygens (including phenoxy) is 1. The average molecular weight is 438 g/mol. The van der Waals surface area contributed by atoms with E-state index in [2.05, 4.69) is 38.3 Å². The number of methoxy groups -OCH3 is 1. The van der Waals surface area contributed by atoms with Gasteiger partial charge >= 0.3 is 0 Å². The summed E-state index contributed by atoms with van der Waals surface area (Å²) in [6.07, 6.45) is 2.68. The van der Waals surface area contributed by atoms with E-state index in [1.165, 1.54) is 0 Å². The molecule has 0 atom stereocenters. The minimum absolute atomic E-state index is 0.0411. The van der Waals surface area contributed by atoms with Gasteiger partial charge in [0.2, 0.25) is 11.8 Å². The van der Waals surface area contributed by atoms with Gasteiger partial charge in [-0.2, -0.15) is 0 Å². The molecule has 27 heavy (non-hydrogen) atoms. The number of hydrogen-bond acceptors (Lipinski definition) is 4. The van der Waals surface area contributed by atoms with E-state index in [9.17, 15) is 9.59 Å². The zero-order chi connectivity index (χ0) is 19.3. The van der Waals surface area contributed by atoms with Crippen molar-refractivity contribution in [1.82, 2.24) is 15.1 Å². The molecule has 1 heterocycles. The number of nitrogens with zero attached hydrogens (tertiary/aromatic N) is 2. The van der Waals surface area contributed by atoms with E-state index in [1.54, 1.807) is 7.11 Å². The molecule has 1 saturated carbocycles. The van der Waals surface area contributed by atoms with E-state index >= 15 is 0 Å². The number of rotatable bonds is 8. The molecule has 2 fully saturated rings. The SMILES string of the molecule is COCCCNC(=O)CN1CCN(C(=O)C2(c3ccc(Br)cc3)CC2)CC1. The fourth-order valence-corrected chi connectivity index (χ4v) is 3.90. The molecule has 1 N–H and O–H groups in total. The first-order valence-corrected chi connectivity index (χ1v) is 10.4. The Bertz CT molecular complexity index is 653. The van der Waals surface area contributed by atoms with Crippen LogP contribution in [0.3, 0.4) is 0 Å². The molecule has 0 spiro atoms. The molecule has 1 saturated heterocycles. The largest absolute Gasteiger partial charge is 0.385 e. The van der Waals surface area contributed by atoms with E-state index in [0.717, 1.165) is 42.4 Å². The van der Waals surface area contributed by atoms with Crippen LogP contribution in [0.4, 0.5) is 0 Å². The molecular weight excluding hydrogens is 410 g/mol. The Hall–Kier alpha value is -1.44. The lowest BCUT2D eigenvalue weighted by atomic mass is 9.94. The van der Waals surface area contributed by atoms with Gasteiger partial charge in [-0.25, -0.2) is 0 Å². The minimum Gasteiger partial charge on any atom is -0.385 e. The van der Waals surface area contributed by atoms with Crippen molar-refractivity contribution >= 4 is 27.7 Å². The summed E-state index contributed by atoms with van der Waals surface area (Å²) in [6, 6.07) is 8.12. The average Bonchev–Trinajstić information content (AvgIpc) is 3.48. The molecule has 1 aliphatic carbocycles. The van der Waals surface area contributed by atoms with Gasteiger partial charge in [0.05, 0.1) is 12.0 Å². The maximum atomic E-state index is 13.1. The van der Waals surface area contributed by atoms with Crippen LogP contribution in [0.1, 0.15) is 24.8 Å². The Kier molecular flexibility index (Phi) is 6.89. The summed E-state index contributed by atoms with van der Waals surface area (Å²) in [5.74, 6) is 0.285. The number of nitrogens with one attached hydrogen (secondary N) is 1. The molecule has 0 aromatic heterocycles. The summed E-state index contributed by atoms with van der Waals surface area (Å²) in [6.45, 7) is 4.55. The number of carbonyl (C=O) groups is 2. The van der Waals surface area contributed by atoms with Crippen molar-refractivity contribution in [2.45, 2.75) is 24.7 Å². The van der Waals surface area contributed by atoms with Gasteiger partial charge in [0.25, 0.3) is 0 Å². The summed E-state index contributed by atoms with van der Waals surface area (Å²) in [5, 5.41) is 2.91. The third-order valence-corrected chi connectivity index (χ3v) is 5.96. The first-order chi connectivity index (χ1) is 13.0. The lowest BCUT2D eigenvalue weighted by Gasteiger charge is -2.36. The van der Waals surface area contributed by atoms with E-state index in [-0.39, 0.29) is 17.2 Å². The fourth-order valence-electron chi connectivity index (χ4n) is 3.63. The van der Waals surface area contributed by atoms with Crippen LogP contribution in [0, 0.1) is 0 Å². The highest BCUT2D eigenvalue weighted by Crippen LogP contribution is 2.49. The standard InChI is InChI=1S/C20H28BrN3O3/c1-27-14-2-9-22-18(25)15-23-10-12-24(13-11-23)19(26)20(7-8-20)16-3-5-17(21)6-4-16/h3-6H,2,7-15H2,1H3,(H,22,25). The predicted molar refractivity (Wildman–Crippen MR) is 108 cm³/mol. The number of benzene rings is 1. The topological polar surface area (TPSA) is 61.9 Å². The monoisotopic (exact) mass is 437 g/mol. The number of hydrogen-bond donors (Lipinski definition) is 1. The molecule has 0 radical (unpaired) electrons. The normalized spacial score (nSPS) is 19.0. The molecule has 0 unspecified atom stereocenters. The second-order valence-electron chi connectivity index (χ2n) is 7.35. The summed E-state index contributed by atoms with van der Waals surface area (Å²) >= 11 is 3.46. The summed E-state index contributed by atoms with van der Waals surface area (Å²) in [7, 11) is 1.66. The van der Waals surface area contributed by atoms with Crippen molar-refractivity contribution in [2.75, 3.05) is 53.0 Å². The maximum absolute atomic E-state index is 13.1. The van der Waals surface area contributed by atoms with E-state index < -0.39 is 0 Å². The minimum atomic E-state index is -0.318. The van der Waals surface area contributed by atoms with Gasteiger partial charge < -0.3 is 15.0 Å². The number of carbonyl (C=O) groups excluding carboxylic acids is 2. The van der Waals surface area contributed by atoms with Crippen LogP contribution in [0.25, 0.3) is 0 Å². The van der Waals surface area contributed by atoms with Crippen molar-refractivity contribution in [3.63, 3.8) is 0 Å². The second kappa shape index (κ2) is 9.17. The van der Waals surface area contributed by atoms with Gasteiger partial charge in [-0.3, -0.25) is 14.5 Å². The lowest BCUT2D eigenvalue weighted by Crippen LogP contribution is -2.53. The summed E-state index contributed by atoms with van der Waals surface area (Å²) in [4.78, 5) is 29.2. The van der Waals surface area contributed by atoms with Crippen molar-refractivity contribution in [3.05, 3.63) is 34.3 Å². The number of halogens is 1. The number of amides is 2. The summed E-state index contributed by atoms with van der Waals surface area (Å²) in [5.41, 5.74) is 0.801. The smallest absolute Gasteiger partial charge is 0.234 e. The molecule has 1 aromatic carbocycles. The Morgan fingerprint density at radius 1 is 1.15 bits per heavy atom. The van der Waals surface area contributed by atoms with Crippen molar-refractivity contribution in [2.24, 2.45) is 0 Å². The third kappa shape index (κ3) is 5.09. The quantitative estimate of drug-likeness (QED) is 0.629. The molecule has 2 amide bonds. The van der Waals surface area contributed by atoms with Crippen LogP contribution in [-0.4, -0.2) is 74.6 Å². The highest BCUT2D eigenvalue weighted by atomic mass is 79.9. The van der Waals surface area contributed by atoms with Gasteiger partial charge in [0.15, 0.2) is 0 Å². The van der Waals surface area contributed by atoms with Crippen molar-refractivity contribution in [3.8, 4) is 0 Å². The molecule has 2 aliphatic rings. The molecule has 3 rings (SSSR count). The predicted octanol–water partition coefficient (Wildman–Crippen LogP) is 1.78. The molecular formula is C20H28BrN3O3. The van der Waals surface area contributed by atoms with Crippen LogP contribution in [0.5, 0.6) is 0 Å². The third-order valence-electron chi connectivity index (χ3n) is 5.43. The van der Waals surface area contributed by atoms with Crippen LogP contribution >= 0.6 is 15.9 Å². The molecule has 0 bridgehead atoms. The van der Waals surface area contributed by atoms with E-state index in [4.69, 9.17) is 4.74 Å². The van der Waals surface area contributed by atoms with Gasteiger partial charge in [-0.1, -0.05) is 28.1 Å². The first kappa shape index (κ1) is 20.3. The Morgan fingerprint density at radius 3 is 2.41 bits per heavy atom. The first-order valence-electron chi connectivity index (χ1n) is 9.58.